The lowest BCUT2D eigenvalue weighted by Crippen LogP contribution is -2.35. The Morgan fingerprint density at radius 2 is 1.82 bits per heavy atom. The normalized spacial score (nSPS) is 14.6. The van der Waals surface area contributed by atoms with Crippen LogP contribution in [0.3, 0.4) is 0 Å². The van der Waals surface area contributed by atoms with E-state index in [0.717, 1.165) is 59.3 Å². The van der Waals surface area contributed by atoms with Gasteiger partial charge in [-0.2, -0.15) is 10.1 Å². The van der Waals surface area contributed by atoms with Gasteiger partial charge >= 0.3 is 0 Å². The summed E-state index contributed by atoms with van der Waals surface area (Å²) < 4.78 is 16.2. The summed E-state index contributed by atoms with van der Waals surface area (Å²) >= 11 is 1.63. The van der Waals surface area contributed by atoms with Crippen molar-refractivity contribution >= 4 is 32.7 Å². The van der Waals surface area contributed by atoms with Crippen LogP contribution in [-0.2, 0) is 11.2 Å². The predicted octanol–water partition coefficient (Wildman–Crippen LogP) is 4.60. The average Bonchev–Trinajstić information content (AvgIpc) is 3.29. The number of hydrogen-bond donors (Lipinski definition) is 0. The van der Waals surface area contributed by atoms with Gasteiger partial charge in [0.1, 0.15) is 5.82 Å². The van der Waals surface area contributed by atoms with Crippen molar-refractivity contribution in [2.24, 2.45) is 0 Å². The third kappa shape index (κ3) is 4.61. The fourth-order valence-corrected chi connectivity index (χ4v) is 5.27. The van der Waals surface area contributed by atoms with Gasteiger partial charge in [-0.3, -0.25) is 4.79 Å². The summed E-state index contributed by atoms with van der Waals surface area (Å²) in [5.41, 5.74) is 3.68. The second-order valence-corrected chi connectivity index (χ2v) is 9.31. The smallest absolute Gasteiger partial charge is 0.222 e. The molecule has 0 aliphatic carbocycles. The molecule has 5 rings (SSSR count). The van der Waals surface area contributed by atoms with Crippen molar-refractivity contribution < 1.29 is 9.18 Å². The lowest BCUT2D eigenvalue weighted by molar-refractivity contribution is -0.130. The standard InChI is InChI=1S/C25H26FN5OS/c1-18-23-24(31(28-18)21-11-9-20(26)10-12-21)27-25(33-23)30-15-5-14-29(16-17-30)22(32)13-8-19-6-3-2-4-7-19/h2-4,6-7,9-12H,5,8,13-17H2,1H3. The third-order valence-corrected chi connectivity index (χ3v) is 7.25. The monoisotopic (exact) mass is 463 g/mol. The Hall–Kier alpha value is -3.26. The molecule has 1 aliphatic heterocycles. The lowest BCUT2D eigenvalue weighted by Gasteiger charge is -2.21. The van der Waals surface area contributed by atoms with Gasteiger partial charge in [-0.05, 0) is 49.6 Å². The van der Waals surface area contributed by atoms with E-state index < -0.39 is 0 Å². The van der Waals surface area contributed by atoms with Crippen molar-refractivity contribution in [3.63, 3.8) is 0 Å². The number of carbonyl (C=O) groups excluding carboxylic acids is 1. The van der Waals surface area contributed by atoms with Gasteiger partial charge in [0.2, 0.25) is 5.91 Å². The Kier molecular flexibility index (Phi) is 6.09. The van der Waals surface area contributed by atoms with Gasteiger partial charge in [0.25, 0.3) is 0 Å². The lowest BCUT2D eigenvalue weighted by atomic mass is 10.1. The van der Waals surface area contributed by atoms with Crippen molar-refractivity contribution in [2.75, 3.05) is 31.1 Å². The number of amides is 1. The third-order valence-electron chi connectivity index (χ3n) is 6.04. The second kappa shape index (κ2) is 9.31. The van der Waals surface area contributed by atoms with Crippen LogP contribution in [0.2, 0.25) is 0 Å². The highest BCUT2D eigenvalue weighted by atomic mass is 32.1. The van der Waals surface area contributed by atoms with Crippen LogP contribution in [0.5, 0.6) is 0 Å². The van der Waals surface area contributed by atoms with E-state index in [9.17, 15) is 9.18 Å². The number of hydrogen-bond acceptors (Lipinski definition) is 5. The molecule has 1 aliphatic rings. The molecule has 0 radical (unpaired) electrons. The second-order valence-electron chi connectivity index (χ2n) is 8.33. The van der Waals surface area contributed by atoms with Gasteiger partial charge in [-0.1, -0.05) is 41.7 Å². The van der Waals surface area contributed by atoms with Gasteiger partial charge < -0.3 is 9.80 Å². The molecule has 2 aromatic heterocycles. The van der Waals surface area contributed by atoms with Gasteiger partial charge in [-0.25, -0.2) is 9.07 Å². The maximum Gasteiger partial charge on any atom is 0.222 e. The Bertz CT molecular complexity index is 1250. The fourth-order valence-electron chi connectivity index (χ4n) is 4.23. The molecule has 0 atom stereocenters. The first-order chi connectivity index (χ1) is 16.1. The van der Waals surface area contributed by atoms with Gasteiger partial charge in [0.15, 0.2) is 10.8 Å². The minimum atomic E-state index is -0.273. The van der Waals surface area contributed by atoms with Crippen LogP contribution in [0.15, 0.2) is 54.6 Å². The Balaban J connectivity index is 1.28. The SMILES string of the molecule is Cc1nn(-c2ccc(F)cc2)c2nc(N3CCCN(C(=O)CCc4ccccc4)CC3)sc12. The summed E-state index contributed by atoms with van der Waals surface area (Å²) in [6, 6.07) is 16.5. The van der Waals surface area contributed by atoms with Crippen molar-refractivity contribution in [1.29, 1.82) is 0 Å². The molecular weight excluding hydrogens is 437 g/mol. The van der Waals surface area contributed by atoms with Crippen LogP contribution in [0.4, 0.5) is 9.52 Å². The maximum atomic E-state index is 13.4. The molecule has 33 heavy (non-hydrogen) atoms. The minimum absolute atomic E-state index is 0.216. The number of anilines is 1. The van der Waals surface area contributed by atoms with Crippen LogP contribution < -0.4 is 4.90 Å². The van der Waals surface area contributed by atoms with Gasteiger partial charge in [0, 0.05) is 32.6 Å². The average molecular weight is 464 g/mol. The molecule has 8 heteroatoms. The van der Waals surface area contributed by atoms with Crippen LogP contribution >= 0.6 is 11.3 Å². The molecule has 4 aromatic rings. The molecule has 0 N–H and O–H groups in total. The van der Waals surface area contributed by atoms with Crippen molar-refractivity contribution in [1.82, 2.24) is 19.7 Å². The van der Waals surface area contributed by atoms with Crippen molar-refractivity contribution in [2.45, 2.75) is 26.2 Å². The predicted molar refractivity (Wildman–Crippen MR) is 130 cm³/mol. The first-order valence-electron chi connectivity index (χ1n) is 11.3. The van der Waals surface area contributed by atoms with Crippen LogP contribution in [0, 0.1) is 12.7 Å². The van der Waals surface area contributed by atoms with E-state index in [2.05, 4.69) is 22.1 Å². The number of carbonyl (C=O) groups is 1. The molecule has 0 bridgehead atoms. The number of benzene rings is 2. The zero-order chi connectivity index (χ0) is 22.8. The fraction of sp³-hybridized carbons (Fsp3) is 0.320. The van der Waals surface area contributed by atoms with E-state index in [1.165, 1.54) is 17.7 Å². The van der Waals surface area contributed by atoms with Gasteiger partial charge in [0.05, 0.1) is 16.1 Å². The van der Waals surface area contributed by atoms with E-state index in [1.54, 1.807) is 28.2 Å². The van der Waals surface area contributed by atoms with E-state index >= 15 is 0 Å². The summed E-state index contributed by atoms with van der Waals surface area (Å²) in [5.74, 6) is -0.0573. The van der Waals surface area contributed by atoms with Crippen molar-refractivity contribution in [3.8, 4) is 5.69 Å². The molecule has 6 nitrogen and oxygen atoms in total. The summed E-state index contributed by atoms with van der Waals surface area (Å²) in [5, 5.41) is 5.55. The molecule has 2 aromatic carbocycles. The Labute approximate surface area is 196 Å². The van der Waals surface area contributed by atoms with E-state index in [1.807, 2.05) is 30.0 Å². The molecule has 1 saturated heterocycles. The van der Waals surface area contributed by atoms with Crippen LogP contribution in [0.25, 0.3) is 16.0 Å². The minimum Gasteiger partial charge on any atom is -0.346 e. The maximum absolute atomic E-state index is 13.4. The highest BCUT2D eigenvalue weighted by Gasteiger charge is 2.23. The summed E-state index contributed by atoms with van der Waals surface area (Å²) in [6.07, 6.45) is 2.23. The molecule has 1 fully saturated rings. The number of nitrogens with zero attached hydrogens (tertiary/aromatic N) is 5. The first kappa shape index (κ1) is 21.6. The van der Waals surface area contributed by atoms with E-state index in [4.69, 9.17) is 4.98 Å². The molecule has 1 amide bonds. The zero-order valence-corrected chi connectivity index (χ0v) is 19.4. The largest absolute Gasteiger partial charge is 0.346 e. The molecule has 170 valence electrons. The molecule has 0 unspecified atom stereocenters. The van der Waals surface area contributed by atoms with Crippen LogP contribution in [0.1, 0.15) is 24.1 Å². The highest BCUT2D eigenvalue weighted by Crippen LogP contribution is 2.33. The summed E-state index contributed by atoms with van der Waals surface area (Å²) in [7, 11) is 0. The number of rotatable bonds is 5. The topological polar surface area (TPSA) is 54.3 Å². The first-order valence-corrected chi connectivity index (χ1v) is 12.1. The Morgan fingerprint density at radius 3 is 2.61 bits per heavy atom. The zero-order valence-electron chi connectivity index (χ0n) is 18.6. The van der Waals surface area contributed by atoms with Gasteiger partial charge in [-0.15, -0.1) is 0 Å². The van der Waals surface area contributed by atoms with Crippen molar-refractivity contribution in [3.05, 3.63) is 71.7 Å². The van der Waals surface area contributed by atoms with Crippen LogP contribution in [-0.4, -0.2) is 51.8 Å². The molecular formula is C25H26FN5OS. The molecule has 0 spiro atoms. The number of thiazole rings is 1. The molecule has 3 heterocycles. The number of aromatic nitrogens is 3. The summed E-state index contributed by atoms with van der Waals surface area (Å²) in [4.78, 5) is 21.9. The van der Waals surface area contributed by atoms with E-state index in [0.29, 0.717) is 13.0 Å². The summed E-state index contributed by atoms with van der Waals surface area (Å²) in [6.45, 7) is 5.07. The van der Waals surface area contributed by atoms with E-state index in [-0.39, 0.29) is 11.7 Å². The number of aryl methyl sites for hydroxylation is 2. The molecule has 0 saturated carbocycles. The Morgan fingerprint density at radius 1 is 1.03 bits per heavy atom. The highest BCUT2D eigenvalue weighted by molar-refractivity contribution is 7.22. The quantitative estimate of drug-likeness (QED) is 0.434. The number of halogens is 1. The number of fused-ring (bicyclic) bond motifs is 1.